The molecule has 3 aromatic rings. The van der Waals surface area contributed by atoms with Gasteiger partial charge in [0.25, 0.3) is 11.8 Å². The molecule has 0 aliphatic carbocycles. The average molecular weight is 506 g/mol. The molecule has 0 saturated carbocycles. The Morgan fingerprint density at radius 1 is 0.889 bits per heavy atom. The molecule has 0 bridgehead atoms. The standard InChI is InChI=1S/C27H20ClNO7/c28-19-7-5-16(6-8-19)15-1-3-17(4-2-15)22(30)11-18(27(33)34)9-10-29-25(31)20-12-23-24(36-14-35-23)13-21(20)26(29)32/h1-8,12-13,18H,9-11,14H2,(H,33,34)/t18-/m0/s1. The fraction of sp³-hybridized carbons (Fsp3) is 0.185. The molecule has 3 aromatic carbocycles. The van der Waals surface area contributed by atoms with E-state index < -0.39 is 23.7 Å². The summed E-state index contributed by atoms with van der Waals surface area (Å²) in [6.45, 7) is -0.110. The third-order valence-electron chi connectivity index (χ3n) is 6.33. The molecule has 0 saturated heterocycles. The molecule has 0 spiro atoms. The van der Waals surface area contributed by atoms with Gasteiger partial charge >= 0.3 is 5.97 Å². The number of carboxylic acids is 1. The van der Waals surface area contributed by atoms with Crippen molar-refractivity contribution >= 4 is 35.2 Å². The smallest absolute Gasteiger partial charge is 0.307 e. The van der Waals surface area contributed by atoms with Gasteiger partial charge in [0.05, 0.1) is 17.0 Å². The molecule has 2 aliphatic heterocycles. The van der Waals surface area contributed by atoms with E-state index in [1.54, 1.807) is 36.4 Å². The van der Waals surface area contributed by atoms with E-state index in [1.165, 1.54) is 12.1 Å². The maximum Gasteiger partial charge on any atom is 0.307 e. The minimum atomic E-state index is -1.17. The second-order valence-electron chi connectivity index (χ2n) is 8.55. The van der Waals surface area contributed by atoms with E-state index in [2.05, 4.69) is 0 Å². The minimum Gasteiger partial charge on any atom is -0.481 e. The number of imide groups is 1. The zero-order valence-corrected chi connectivity index (χ0v) is 19.7. The van der Waals surface area contributed by atoms with Crippen molar-refractivity contribution in [2.45, 2.75) is 12.8 Å². The van der Waals surface area contributed by atoms with Crippen LogP contribution in [0.15, 0.2) is 60.7 Å². The van der Waals surface area contributed by atoms with Gasteiger partial charge in [-0.2, -0.15) is 0 Å². The molecule has 2 amide bonds. The normalized spacial score (nSPS) is 14.6. The van der Waals surface area contributed by atoms with Crippen LogP contribution in [0.2, 0.25) is 5.02 Å². The van der Waals surface area contributed by atoms with Crippen LogP contribution < -0.4 is 9.47 Å². The molecule has 182 valence electrons. The summed E-state index contributed by atoms with van der Waals surface area (Å²) in [5, 5.41) is 10.3. The number of aliphatic carboxylic acids is 1. The predicted octanol–water partition coefficient (Wildman–Crippen LogP) is 4.70. The molecular formula is C27H20ClNO7. The van der Waals surface area contributed by atoms with Gasteiger partial charge in [-0.3, -0.25) is 24.1 Å². The Balaban J connectivity index is 1.24. The van der Waals surface area contributed by atoms with E-state index in [0.717, 1.165) is 16.0 Å². The molecule has 1 atom stereocenters. The number of carbonyl (C=O) groups is 4. The first-order chi connectivity index (χ1) is 17.3. The second kappa shape index (κ2) is 9.47. The fourth-order valence-corrected chi connectivity index (χ4v) is 4.44. The first-order valence-corrected chi connectivity index (χ1v) is 11.6. The van der Waals surface area contributed by atoms with Crippen LogP contribution in [-0.4, -0.2) is 46.9 Å². The van der Waals surface area contributed by atoms with Crippen LogP contribution in [0.5, 0.6) is 11.5 Å². The first kappa shape index (κ1) is 23.6. The molecule has 8 nitrogen and oxygen atoms in total. The van der Waals surface area contributed by atoms with Crippen molar-refractivity contribution in [2.24, 2.45) is 5.92 Å². The molecule has 0 aromatic heterocycles. The van der Waals surface area contributed by atoms with Gasteiger partial charge in [0, 0.05) is 23.6 Å². The second-order valence-corrected chi connectivity index (χ2v) is 8.98. The number of rotatable bonds is 8. The number of ketones is 1. The van der Waals surface area contributed by atoms with Gasteiger partial charge in [0.1, 0.15) is 0 Å². The summed E-state index contributed by atoms with van der Waals surface area (Å²) in [4.78, 5) is 51.3. The summed E-state index contributed by atoms with van der Waals surface area (Å²) in [6.07, 6.45) is -0.309. The van der Waals surface area contributed by atoms with Crippen LogP contribution in [0.25, 0.3) is 11.1 Å². The van der Waals surface area contributed by atoms with E-state index in [9.17, 15) is 24.3 Å². The van der Waals surface area contributed by atoms with Crippen molar-refractivity contribution < 1.29 is 33.8 Å². The number of hydrogen-bond acceptors (Lipinski definition) is 6. The summed E-state index contributed by atoms with van der Waals surface area (Å²) in [5.41, 5.74) is 2.59. The lowest BCUT2D eigenvalue weighted by atomic mass is 9.94. The van der Waals surface area contributed by atoms with E-state index in [1.807, 2.05) is 12.1 Å². The Labute approximate surface area is 211 Å². The minimum absolute atomic E-state index is 0.0164. The Morgan fingerprint density at radius 2 is 1.42 bits per heavy atom. The molecule has 1 N–H and O–H groups in total. The van der Waals surface area contributed by atoms with Crippen LogP contribution >= 0.6 is 11.6 Å². The molecule has 0 radical (unpaired) electrons. The van der Waals surface area contributed by atoms with Gasteiger partial charge in [-0.25, -0.2) is 0 Å². The van der Waals surface area contributed by atoms with Crippen molar-refractivity contribution in [1.29, 1.82) is 0 Å². The highest BCUT2D eigenvalue weighted by molar-refractivity contribution is 6.30. The summed E-state index contributed by atoms with van der Waals surface area (Å²) in [5.74, 6) is -2.85. The van der Waals surface area contributed by atoms with Gasteiger partial charge in [-0.15, -0.1) is 0 Å². The van der Waals surface area contributed by atoms with Crippen LogP contribution in [0, 0.1) is 5.92 Å². The molecule has 2 heterocycles. The van der Waals surface area contributed by atoms with E-state index in [4.69, 9.17) is 21.1 Å². The first-order valence-electron chi connectivity index (χ1n) is 11.2. The average Bonchev–Trinajstić information content (AvgIpc) is 3.43. The van der Waals surface area contributed by atoms with Gasteiger partial charge in [0.2, 0.25) is 6.79 Å². The number of hydrogen-bond donors (Lipinski definition) is 1. The number of carbonyl (C=O) groups excluding carboxylic acids is 3. The highest BCUT2D eigenvalue weighted by Gasteiger charge is 2.38. The van der Waals surface area contributed by atoms with Crippen LogP contribution in [-0.2, 0) is 4.79 Å². The predicted molar refractivity (Wildman–Crippen MR) is 130 cm³/mol. The number of halogens is 1. The zero-order chi connectivity index (χ0) is 25.4. The summed E-state index contributed by atoms with van der Waals surface area (Å²) in [7, 11) is 0. The summed E-state index contributed by atoms with van der Waals surface area (Å²) < 4.78 is 10.5. The lowest BCUT2D eigenvalue weighted by Gasteiger charge is -2.17. The highest BCUT2D eigenvalue weighted by atomic mass is 35.5. The fourth-order valence-electron chi connectivity index (χ4n) is 4.31. The van der Waals surface area contributed by atoms with Gasteiger partial charge in [-0.1, -0.05) is 48.0 Å². The maximum absolute atomic E-state index is 12.8. The summed E-state index contributed by atoms with van der Waals surface area (Å²) in [6, 6.07) is 17.1. The molecule has 0 unspecified atom stereocenters. The largest absolute Gasteiger partial charge is 0.481 e. The summed E-state index contributed by atoms with van der Waals surface area (Å²) >= 11 is 5.92. The SMILES string of the molecule is O=C(C[C@H](CCN1C(=O)c2cc3c(cc2C1=O)OCO3)C(=O)O)c1ccc(-c2ccc(Cl)cc2)cc1. The van der Waals surface area contributed by atoms with Gasteiger partial charge < -0.3 is 14.6 Å². The number of carboxylic acid groups (broad SMARTS) is 1. The quantitative estimate of drug-likeness (QED) is 0.349. The number of ether oxygens (including phenoxy) is 2. The third kappa shape index (κ3) is 4.43. The molecule has 5 rings (SSSR count). The monoisotopic (exact) mass is 505 g/mol. The van der Waals surface area contributed by atoms with E-state index >= 15 is 0 Å². The van der Waals surface area contributed by atoms with Crippen molar-refractivity contribution in [2.75, 3.05) is 13.3 Å². The number of fused-ring (bicyclic) bond motifs is 2. The van der Waals surface area contributed by atoms with Gasteiger partial charge in [0.15, 0.2) is 17.3 Å². The lowest BCUT2D eigenvalue weighted by molar-refractivity contribution is -0.142. The Morgan fingerprint density at radius 3 is 1.94 bits per heavy atom. The highest BCUT2D eigenvalue weighted by Crippen LogP contribution is 2.38. The number of amides is 2. The number of nitrogens with zero attached hydrogens (tertiary/aromatic N) is 1. The van der Waals surface area contributed by atoms with Crippen LogP contribution in [0.1, 0.15) is 43.9 Å². The van der Waals surface area contributed by atoms with Crippen molar-refractivity contribution in [1.82, 2.24) is 4.90 Å². The maximum atomic E-state index is 12.8. The van der Waals surface area contributed by atoms with Crippen molar-refractivity contribution in [3.63, 3.8) is 0 Å². The van der Waals surface area contributed by atoms with E-state index in [0.29, 0.717) is 22.1 Å². The molecule has 2 aliphatic rings. The molecule has 9 heteroatoms. The lowest BCUT2D eigenvalue weighted by Crippen LogP contribution is -2.33. The van der Waals surface area contributed by atoms with Crippen LogP contribution in [0.3, 0.4) is 0 Å². The number of benzene rings is 3. The topological polar surface area (TPSA) is 110 Å². The Bertz CT molecular complexity index is 1340. The van der Waals surface area contributed by atoms with E-state index in [-0.39, 0.29) is 43.1 Å². The van der Waals surface area contributed by atoms with Crippen molar-refractivity contribution in [3.05, 3.63) is 82.4 Å². The van der Waals surface area contributed by atoms with Crippen molar-refractivity contribution in [3.8, 4) is 22.6 Å². The third-order valence-corrected chi connectivity index (χ3v) is 6.58. The Kier molecular flexibility index (Phi) is 6.20. The Hall–Kier alpha value is -4.17. The molecule has 0 fully saturated rings. The molecule has 36 heavy (non-hydrogen) atoms. The van der Waals surface area contributed by atoms with Crippen LogP contribution in [0.4, 0.5) is 0 Å². The number of Topliss-reactive ketones (excluding diaryl/α,β-unsaturated/α-hetero) is 1. The van der Waals surface area contributed by atoms with Gasteiger partial charge in [-0.05, 0) is 41.8 Å². The molecular weight excluding hydrogens is 486 g/mol. The zero-order valence-electron chi connectivity index (χ0n) is 18.9.